The molecule has 0 unspecified atom stereocenters. The third-order valence-corrected chi connectivity index (χ3v) is 2.35. The smallest absolute Gasteiger partial charge is 0.118 e. The Morgan fingerprint density at radius 1 is 0.941 bits per heavy atom. The normalized spacial score (nSPS) is 10.6. The molecule has 0 atom stereocenters. The van der Waals surface area contributed by atoms with Crippen molar-refractivity contribution in [3.63, 3.8) is 0 Å². The molecule has 0 aliphatic heterocycles. The van der Waals surface area contributed by atoms with Crippen molar-refractivity contribution >= 4 is 5.69 Å². The van der Waals surface area contributed by atoms with E-state index < -0.39 is 0 Å². The van der Waals surface area contributed by atoms with Crippen molar-refractivity contribution in [2.24, 2.45) is 10.2 Å². The summed E-state index contributed by atoms with van der Waals surface area (Å²) in [6, 6.07) is 17.5. The Morgan fingerprint density at radius 2 is 1.65 bits per heavy atom. The molecule has 0 aromatic heterocycles. The van der Waals surface area contributed by atoms with Gasteiger partial charge in [-0.1, -0.05) is 30.3 Å². The van der Waals surface area contributed by atoms with Gasteiger partial charge in [-0.25, -0.2) is 0 Å². The first kappa shape index (κ1) is 11.3. The van der Waals surface area contributed by atoms with Gasteiger partial charge < -0.3 is 4.74 Å². The van der Waals surface area contributed by atoms with E-state index in [1.165, 1.54) is 0 Å². The van der Waals surface area contributed by atoms with Crippen molar-refractivity contribution < 1.29 is 4.74 Å². The van der Waals surface area contributed by atoms with Gasteiger partial charge >= 0.3 is 0 Å². The molecule has 0 spiro atoms. The molecule has 2 aromatic carbocycles. The van der Waals surface area contributed by atoms with E-state index in [2.05, 4.69) is 10.2 Å². The molecule has 0 bridgehead atoms. The number of methoxy groups -OCH3 is 1. The predicted octanol–water partition coefficient (Wildman–Crippen LogP) is 3.98. The van der Waals surface area contributed by atoms with Gasteiger partial charge in [0.2, 0.25) is 0 Å². The molecule has 0 saturated carbocycles. The van der Waals surface area contributed by atoms with Gasteiger partial charge in [0.25, 0.3) is 0 Å². The lowest BCUT2D eigenvalue weighted by Gasteiger charge is -1.99. The minimum Gasteiger partial charge on any atom is -0.497 e. The maximum Gasteiger partial charge on any atom is 0.118 e. The molecule has 2 rings (SSSR count). The van der Waals surface area contributed by atoms with Crippen LogP contribution in [0.1, 0.15) is 5.56 Å². The lowest BCUT2D eigenvalue weighted by Crippen LogP contribution is -1.84. The summed E-state index contributed by atoms with van der Waals surface area (Å²) in [4.78, 5) is 0. The predicted molar refractivity (Wildman–Crippen MR) is 67.7 cm³/mol. The highest BCUT2D eigenvalue weighted by atomic mass is 16.5. The number of hydrogen-bond donors (Lipinski definition) is 0. The van der Waals surface area contributed by atoms with Crippen LogP contribution >= 0.6 is 0 Å². The van der Waals surface area contributed by atoms with Gasteiger partial charge in [-0.15, -0.1) is 0 Å². The summed E-state index contributed by atoms with van der Waals surface area (Å²) in [6.07, 6.45) is 0. The fourth-order valence-corrected chi connectivity index (χ4v) is 1.42. The Labute approximate surface area is 101 Å². The van der Waals surface area contributed by atoms with Crippen LogP contribution in [0, 0.1) is 0 Å². The van der Waals surface area contributed by atoms with Crippen LogP contribution < -0.4 is 4.74 Å². The van der Waals surface area contributed by atoms with Gasteiger partial charge in [-0.3, -0.25) is 0 Å². The molecule has 0 amide bonds. The zero-order chi connectivity index (χ0) is 11.9. The lowest BCUT2D eigenvalue weighted by molar-refractivity contribution is 0.414. The van der Waals surface area contributed by atoms with Gasteiger partial charge in [-0.05, 0) is 29.8 Å². The molecule has 2 aromatic rings. The largest absolute Gasteiger partial charge is 0.497 e. The molecule has 0 heterocycles. The molecule has 0 radical (unpaired) electrons. The Bertz CT molecular complexity index is 477. The number of ether oxygens (including phenoxy) is 1. The van der Waals surface area contributed by atoms with Gasteiger partial charge in [0.15, 0.2) is 0 Å². The first-order valence-corrected chi connectivity index (χ1v) is 5.44. The summed E-state index contributed by atoms with van der Waals surface area (Å²) in [5.74, 6) is 0.855. The second kappa shape index (κ2) is 5.80. The molecule has 0 aliphatic rings. The first-order chi connectivity index (χ1) is 8.38. The van der Waals surface area contributed by atoms with Crippen molar-refractivity contribution in [3.05, 3.63) is 60.2 Å². The summed E-state index contributed by atoms with van der Waals surface area (Å²) in [5, 5.41) is 8.29. The number of azo groups is 1. The third-order valence-electron chi connectivity index (χ3n) is 2.35. The summed E-state index contributed by atoms with van der Waals surface area (Å²) in [5.41, 5.74) is 1.99. The monoisotopic (exact) mass is 226 g/mol. The Kier molecular flexibility index (Phi) is 3.86. The van der Waals surface area contributed by atoms with E-state index in [4.69, 9.17) is 4.74 Å². The molecule has 0 saturated heterocycles. The van der Waals surface area contributed by atoms with E-state index in [1.807, 2.05) is 54.6 Å². The fourth-order valence-electron chi connectivity index (χ4n) is 1.42. The highest BCUT2D eigenvalue weighted by molar-refractivity contribution is 5.34. The van der Waals surface area contributed by atoms with Crippen LogP contribution in [0.15, 0.2) is 64.8 Å². The molecular weight excluding hydrogens is 212 g/mol. The molecule has 0 fully saturated rings. The standard InChI is InChI=1S/C14H14N2O/c1-17-14-9-7-12(8-10-14)11-15-16-13-5-3-2-4-6-13/h2-10H,11H2,1H3. The van der Waals surface area contributed by atoms with Crippen LogP contribution in [-0.4, -0.2) is 7.11 Å². The molecule has 86 valence electrons. The maximum atomic E-state index is 5.09. The second-order valence-electron chi connectivity index (χ2n) is 3.58. The van der Waals surface area contributed by atoms with Crippen LogP contribution in [-0.2, 0) is 6.54 Å². The maximum absolute atomic E-state index is 5.09. The van der Waals surface area contributed by atoms with Crippen molar-refractivity contribution in [1.29, 1.82) is 0 Å². The molecule has 3 nitrogen and oxygen atoms in total. The number of hydrogen-bond acceptors (Lipinski definition) is 3. The second-order valence-corrected chi connectivity index (χ2v) is 3.58. The Hall–Kier alpha value is -2.16. The van der Waals surface area contributed by atoms with Crippen molar-refractivity contribution in [2.45, 2.75) is 6.54 Å². The SMILES string of the molecule is COc1ccc(CN=Nc2ccccc2)cc1. The summed E-state index contributed by atoms with van der Waals surface area (Å²) in [6.45, 7) is 0.582. The van der Waals surface area contributed by atoms with Crippen LogP contribution in [0.5, 0.6) is 5.75 Å². The van der Waals surface area contributed by atoms with Crippen LogP contribution in [0.3, 0.4) is 0 Å². The van der Waals surface area contributed by atoms with Crippen molar-refractivity contribution in [3.8, 4) is 5.75 Å². The van der Waals surface area contributed by atoms with E-state index in [0.717, 1.165) is 17.0 Å². The Balaban J connectivity index is 1.95. The van der Waals surface area contributed by atoms with Crippen LogP contribution in [0.4, 0.5) is 5.69 Å². The van der Waals surface area contributed by atoms with Gasteiger partial charge in [0.1, 0.15) is 5.75 Å². The number of benzene rings is 2. The minimum atomic E-state index is 0.582. The van der Waals surface area contributed by atoms with Crippen LogP contribution in [0.2, 0.25) is 0 Å². The van der Waals surface area contributed by atoms with Gasteiger partial charge in [0.05, 0.1) is 19.3 Å². The highest BCUT2D eigenvalue weighted by Crippen LogP contribution is 2.14. The molecule has 17 heavy (non-hydrogen) atoms. The van der Waals surface area contributed by atoms with Crippen LogP contribution in [0.25, 0.3) is 0 Å². The Morgan fingerprint density at radius 3 is 2.29 bits per heavy atom. The topological polar surface area (TPSA) is 34.0 Å². The lowest BCUT2D eigenvalue weighted by atomic mass is 10.2. The van der Waals surface area contributed by atoms with Gasteiger partial charge in [0, 0.05) is 0 Å². The summed E-state index contributed by atoms with van der Waals surface area (Å²) < 4.78 is 5.09. The molecule has 0 aliphatic carbocycles. The molecule has 3 heteroatoms. The zero-order valence-electron chi connectivity index (χ0n) is 9.71. The quantitative estimate of drug-likeness (QED) is 0.726. The third kappa shape index (κ3) is 3.41. The first-order valence-electron chi connectivity index (χ1n) is 5.44. The van der Waals surface area contributed by atoms with E-state index in [0.29, 0.717) is 6.54 Å². The highest BCUT2D eigenvalue weighted by Gasteiger charge is 1.93. The van der Waals surface area contributed by atoms with Crippen molar-refractivity contribution in [2.75, 3.05) is 7.11 Å². The summed E-state index contributed by atoms with van der Waals surface area (Å²) >= 11 is 0. The van der Waals surface area contributed by atoms with Crippen molar-refractivity contribution in [1.82, 2.24) is 0 Å². The van der Waals surface area contributed by atoms with E-state index in [9.17, 15) is 0 Å². The number of rotatable bonds is 4. The molecular formula is C14H14N2O. The average molecular weight is 226 g/mol. The van der Waals surface area contributed by atoms with E-state index in [1.54, 1.807) is 7.11 Å². The number of nitrogens with zero attached hydrogens (tertiary/aromatic N) is 2. The average Bonchev–Trinajstić information content (AvgIpc) is 2.41. The van der Waals surface area contributed by atoms with Gasteiger partial charge in [-0.2, -0.15) is 10.2 Å². The molecule has 0 N–H and O–H groups in total. The minimum absolute atomic E-state index is 0.582. The fraction of sp³-hybridized carbons (Fsp3) is 0.143. The zero-order valence-corrected chi connectivity index (χ0v) is 9.71. The summed E-state index contributed by atoms with van der Waals surface area (Å²) in [7, 11) is 1.66. The van der Waals surface area contributed by atoms with E-state index >= 15 is 0 Å². The van der Waals surface area contributed by atoms with E-state index in [-0.39, 0.29) is 0 Å².